The van der Waals surface area contributed by atoms with Gasteiger partial charge in [-0.3, -0.25) is 0 Å². The van der Waals surface area contributed by atoms with Gasteiger partial charge in [-0.15, -0.1) is 0 Å². The number of aromatic nitrogens is 1. The molecule has 2 aromatic rings. The van der Waals surface area contributed by atoms with Crippen molar-refractivity contribution in [1.82, 2.24) is 5.16 Å². The van der Waals surface area contributed by atoms with Crippen molar-refractivity contribution in [3.8, 4) is 11.3 Å². The van der Waals surface area contributed by atoms with Gasteiger partial charge in [-0.1, -0.05) is 35.5 Å². The summed E-state index contributed by atoms with van der Waals surface area (Å²) in [5, 5.41) is 3.84. The first-order chi connectivity index (χ1) is 8.19. The van der Waals surface area contributed by atoms with Crippen LogP contribution in [-0.4, -0.2) is 18.5 Å². The van der Waals surface area contributed by atoms with E-state index in [1.807, 2.05) is 30.3 Å². The van der Waals surface area contributed by atoms with Gasteiger partial charge in [0.05, 0.1) is 5.41 Å². The highest BCUT2D eigenvalue weighted by Crippen LogP contribution is 2.29. The van der Waals surface area contributed by atoms with Crippen LogP contribution in [0.1, 0.15) is 12.7 Å². The second kappa shape index (κ2) is 4.65. The second-order valence-electron chi connectivity index (χ2n) is 4.27. The maximum absolute atomic E-state index is 12.8. The molecule has 0 radical (unpaired) electrons. The molecule has 4 heteroatoms. The molecule has 0 aliphatic heterocycles. The standard InChI is InChI=1S/C13H13F2NO/c1-13(8-14,9-15)12-7-11(16-17-12)10-5-3-2-4-6-10/h2-7H,8-9H2,1H3. The van der Waals surface area contributed by atoms with E-state index in [9.17, 15) is 8.78 Å². The first-order valence-corrected chi connectivity index (χ1v) is 5.34. The Morgan fingerprint density at radius 2 is 1.82 bits per heavy atom. The predicted molar refractivity (Wildman–Crippen MR) is 61.2 cm³/mol. The summed E-state index contributed by atoms with van der Waals surface area (Å²) in [6.07, 6.45) is 0. The Hall–Kier alpha value is -1.71. The molecule has 0 unspecified atom stereocenters. The Balaban J connectivity index is 2.34. The van der Waals surface area contributed by atoms with Gasteiger partial charge >= 0.3 is 0 Å². The monoisotopic (exact) mass is 237 g/mol. The van der Waals surface area contributed by atoms with E-state index in [2.05, 4.69) is 5.16 Å². The number of nitrogens with zero attached hydrogens (tertiary/aromatic N) is 1. The smallest absolute Gasteiger partial charge is 0.148 e. The predicted octanol–water partition coefficient (Wildman–Crippen LogP) is 3.54. The number of alkyl halides is 2. The highest BCUT2D eigenvalue weighted by Gasteiger charge is 2.31. The van der Waals surface area contributed by atoms with Crippen molar-refractivity contribution in [2.24, 2.45) is 0 Å². The summed E-state index contributed by atoms with van der Waals surface area (Å²) in [6, 6.07) is 10.9. The Bertz CT molecular complexity index is 477. The van der Waals surface area contributed by atoms with Crippen LogP contribution in [0.15, 0.2) is 40.9 Å². The third kappa shape index (κ3) is 2.20. The van der Waals surface area contributed by atoms with Gasteiger partial charge in [0.1, 0.15) is 24.8 Å². The maximum atomic E-state index is 12.8. The molecule has 0 fully saturated rings. The van der Waals surface area contributed by atoms with Gasteiger partial charge in [0.15, 0.2) is 0 Å². The Kier molecular flexibility index (Phi) is 3.22. The van der Waals surface area contributed by atoms with Crippen LogP contribution in [0.3, 0.4) is 0 Å². The second-order valence-corrected chi connectivity index (χ2v) is 4.27. The Morgan fingerprint density at radius 1 is 1.18 bits per heavy atom. The molecule has 2 rings (SSSR count). The lowest BCUT2D eigenvalue weighted by Gasteiger charge is -2.17. The van der Waals surface area contributed by atoms with Crippen molar-refractivity contribution in [3.63, 3.8) is 0 Å². The maximum Gasteiger partial charge on any atom is 0.148 e. The largest absolute Gasteiger partial charge is 0.360 e. The lowest BCUT2D eigenvalue weighted by Crippen LogP contribution is -2.26. The summed E-state index contributed by atoms with van der Waals surface area (Å²) in [5.41, 5.74) is 0.219. The van der Waals surface area contributed by atoms with E-state index >= 15 is 0 Å². The van der Waals surface area contributed by atoms with Crippen LogP contribution >= 0.6 is 0 Å². The van der Waals surface area contributed by atoms with E-state index in [4.69, 9.17) is 4.52 Å². The summed E-state index contributed by atoms with van der Waals surface area (Å²) >= 11 is 0. The molecule has 1 aromatic carbocycles. The summed E-state index contributed by atoms with van der Waals surface area (Å²) in [4.78, 5) is 0. The number of hydrogen-bond donors (Lipinski definition) is 0. The fraction of sp³-hybridized carbons (Fsp3) is 0.308. The lowest BCUT2D eigenvalue weighted by atomic mass is 9.90. The SMILES string of the molecule is CC(CF)(CF)c1cc(-c2ccccc2)no1. The van der Waals surface area contributed by atoms with Gasteiger partial charge < -0.3 is 4.52 Å². The molecule has 0 saturated heterocycles. The molecule has 90 valence electrons. The van der Waals surface area contributed by atoms with Crippen LogP contribution in [0.4, 0.5) is 8.78 Å². The van der Waals surface area contributed by atoms with E-state index in [1.54, 1.807) is 6.07 Å². The van der Waals surface area contributed by atoms with Gasteiger partial charge in [-0.05, 0) is 6.92 Å². The number of hydrogen-bond acceptors (Lipinski definition) is 2. The fourth-order valence-corrected chi connectivity index (χ4v) is 1.47. The van der Waals surface area contributed by atoms with Gasteiger partial charge in [-0.25, -0.2) is 8.78 Å². The molecule has 0 bridgehead atoms. The minimum atomic E-state index is -1.24. The first kappa shape index (κ1) is 11.8. The van der Waals surface area contributed by atoms with Crippen LogP contribution in [0.5, 0.6) is 0 Å². The summed E-state index contributed by atoms with van der Waals surface area (Å²) < 4.78 is 30.7. The number of halogens is 2. The van der Waals surface area contributed by atoms with Gasteiger partial charge in [-0.2, -0.15) is 0 Å². The van der Waals surface area contributed by atoms with Gasteiger partial charge in [0.2, 0.25) is 0 Å². The molecule has 0 aliphatic rings. The zero-order valence-electron chi connectivity index (χ0n) is 9.49. The molecule has 1 heterocycles. The third-order valence-electron chi connectivity index (χ3n) is 2.76. The molecular formula is C13H13F2NO. The van der Waals surface area contributed by atoms with Gasteiger partial charge in [0, 0.05) is 11.6 Å². The van der Waals surface area contributed by atoms with Crippen molar-refractivity contribution in [2.75, 3.05) is 13.3 Å². The molecule has 0 saturated carbocycles. The third-order valence-corrected chi connectivity index (χ3v) is 2.76. The molecule has 1 aromatic heterocycles. The molecule has 2 nitrogen and oxygen atoms in total. The van der Waals surface area contributed by atoms with Crippen LogP contribution in [0.2, 0.25) is 0 Å². The topological polar surface area (TPSA) is 26.0 Å². The average Bonchev–Trinajstić information content (AvgIpc) is 2.89. The quantitative estimate of drug-likeness (QED) is 0.812. The van der Waals surface area contributed by atoms with E-state index in [0.29, 0.717) is 5.69 Å². The van der Waals surface area contributed by atoms with Crippen molar-refractivity contribution in [3.05, 3.63) is 42.2 Å². The van der Waals surface area contributed by atoms with E-state index in [1.165, 1.54) is 6.92 Å². The van der Waals surface area contributed by atoms with E-state index in [-0.39, 0.29) is 5.76 Å². The van der Waals surface area contributed by atoms with Crippen molar-refractivity contribution in [2.45, 2.75) is 12.3 Å². The summed E-state index contributed by atoms with van der Waals surface area (Å²) in [5.74, 6) is 0.237. The van der Waals surface area contributed by atoms with Crippen molar-refractivity contribution < 1.29 is 13.3 Å². The molecular weight excluding hydrogens is 224 g/mol. The zero-order chi connectivity index (χ0) is 12.3. The first-order valence-electron chi connectivity index (χ1n) is 5.34. The highest BCUT2D eigenvalue weighted by atomic mass is 19.1. The average molecular weight is 237 g/mol. The molecule has 0 N–H and O–H groups in total. The fourth-order valence-electron chi connectivity index (χ4n) is 1.47. The molecule has 0 spiro atoms. The molecule has 0 aliphatic carbocycles. The summed E-state index contributed by atoms with van der Waals surface area (Å²) in [7, 11) is 0. The van der Waals surface area contributed by atoms with Crippen LogP contribution < -0.4 is 0 Å². The zero-order valence-corrected chi connectivity index (χ0v) is 9.49. The van der Waals surface area contributed by atoms with Crippen molar-refractivity contribution >= 4 is 0 Å². The minimum absolute atomic E-state index is 0.237. The number of benzene rings is 1. The van der Waals surface area contributed by atoms with Crippen LogP contribution in [-0.2, 0) is 5.41 Å². The van der Waals surface area contributed by atoms with Crippen LogP contribution in [0.25, 0.3) is 11.3 Å². The van der Waals surface area contributed by atoms with Crippen LogP contribution in [0, 0.1) is 0 Å². The Labute approximate surface area is 98.2 Å². The van der Waals surface area contributed by atoms with E-state index in [0.717, 1.165) is 5.56 Å². The Morgan fingerprint density at radius 3 is 2.41 bits per heavy atom. The number of rotatable bonds is 4. The molecule has 17 heavy (non-hydrogen) atoms. The highest BCUT2D eigenvalue weighted by molar-refractivity contribution is 5.58. The minimum Gasteiger partial charge on any atom is -0.360 e. The lowest BCUT2D eigenvalue weighted by molar-refractivity contribution is 0.206. The van der Waals surface area contributed by atoms with Gasteiger partial charge in [0.25, 0.3) is 0 Å². The van der Waals surface area contributed by atoms with Crippen molar-refractivity contribution in [1.29, 1.82) is 0 Å². The molecule has 0 atom stereocenters. The van der Waals surface area contributed by atoms with E-state index < -0.39 is 18.8 Å². The summed E-state index contributed by atoms with van der Waals surface area (Å²) in [6.45, 7) is -0.151. The molecule has 0 amide bonds. The normalized spacial score (nSPS) is 11.7.